The highest BCUT2D eigenvalue weighted by Crippen LogP contribution is 2.18. The zero-order valence-corrected chi connectivity index (χ0v) is 12.6. The van der Waals surface area contributed by atoms with Gasteiger partial charge in [0.05, 0.1) is 11.7 Å². The van der Waals surface area contributed by atoms with Crippen molar-refractivity contribution in [2.45, 2.75) is 6.54 Å². The summed E-state index contributed by atoms with van der Waals surface area (Å²) < 4.78 is 2.03. The topological polar surface area (TPSA) is 23.8 Å². The van der Waals surface area contributed by atoms with Gasteiger partial charge in [-0.2, -0.15) is 5.10 Å². The first-order valence-electron chi connectivity index (χ1n) is 7.84. The van der Waals surface area contributed by atoms with Gasteiger partial charge in [-0.05, 0) is 23.8 Å². The maximum Gasteiger partial charge on any atom is 0.130 e. The molecule has 3 aromatic rings. The standard InChI is InChI=1S/C18H20N4/c1-2-5-16(6-3-1)15-20-11-13-21(14-12-20)18-8-4-7-17-9-10-19-22(17)18/h1-10H,11-15H2. The Morgan fingerprint density at radius 1 is 0.818 bits per heavy atom. The number of hydrogen-bond donors (Lipinski definition) is 0. The molecule has 0 bridgehead atoms. The van der Waals surface area contributed by atoms with Crippen LogP contribution in [0.4, 0.5) is 5.82 Å². The molecule has 0 saturated carbocycles. The van der Waals surface area contributed by atoms with Gasteiger partial charge in [-0.25, -0.2) is 4.52 Å². The maximum atomic E-state index is 4.44. The molecule has 4 heteroatoms. The number of pyridine rings is 1. The lowest BCUT2D eigenvalue weighted by Gasteiger charge is -2.36. The summed E-state index contributed by atoms with van der Waals surface area (Å²) in [5.74, 6) is 1.20. The molecule has 1 aliphatic rings. The van der Waals surface area contributed by atoms with Crippen LogP contribution in [0.5, 0.6) is 0 Å². The van der Waals surface area contributed by atoms with Crippen molar-refractivity contribution in [1.82, 2.24) is 14.5 Å². The molecule has 1 aromatic carbocycles. The number of anilines is 1. The van der Waals surface area contributed by atoms with Crippen LogP contribution >= 0.6 is 0 Å². The molecule has 4 rings (SSSR count). The number of aromatic nitrogens is 2. The van der Waals surface area contributed by atoms with Gasteiger partial charge in [-0.1, -0.05) is 36.4 Å². The number of rotatable bonds is 3. The summed E-state index contributed by atoms with van der Waals surface area (Å²) in [6, 6.07) is 19.1. The molecule has 0 aliphatic carbocycles. The van der Waals surface area contributed by atoms with Gasteiger partial charge in [0.15, 0.2) is 0 Å². The summed E-state index contributed by atoms with van der Waals surface area (Å²) in [5, 5.41) is 4.44. The number of piperazine rings is 1. The second-order valence-corrected chi connectivity index (χ2v) is 5.80. The van der Waals surface area contributed by atoms with Gasteiger partial charge in [0.2, 0.25) is 0 Å². The van der Waals surface area contributed by atoms with Crippen molar-refractivity contribution < 1.29 is 0 Å². The molecule has 2 aromatic heterocycles. The summed E-state index contributed by atoms with van der Waals surface area (Å²) >= 11 is 0. The van der Waals surface area contributed by atoms with E-state index in [0.29, 0.717) is 0 Å². The Balaban J connectivity index is 1.45. The van der Waals surface area contributed by atoms with E-state index < -0.39 is 0 Å². The number of benzene rings is 1. The minimum atomic E-state index is 1.04. The summed E-state index contributed by atoms with van der Waals surface area (Å²) in [5.41, 5.74) is 2.55. The van der Waals surface area contributed by atoms with Gasteiger partial charge < -0.3 is 4.90 Å². The van der Waals surface area contributed by atoms with Crippen LogP contribution in [0.3, 0.4) is 0 Å². The largest absolute Gasteiger partial charge is 0.354 e. The van der Waals surface area contributed by atoms with E-state index in [-0.39, 0.29) is 0 Å². The van der Waals surface area contributed by atoms with Crippen molar-refractivity contribution in [1.29, 1.82) is 0 Å². The first kappa shape index (κ1) is 13.3. The molecule has 0 radical (unpaired) electrons. The van der Waals surface area contributed by atoms with Gasteiger partial charge >= 0.3 is 0 Å². The smallest absolute Gasteiger partial charge is 0.130 e. The van der Waals surface area contributed by atoms with Crippen molar-refractivity contribution in [3.8, 4) is 0 Å². The minimum absolute atomic E-state index is 1.04. The fraction of sp³-hybridized carbons (Fsp3) is 0.278. The van der Waals surface area contributed by atoms with Crippen LogP contribution in [-0.2, 0) is 6.54 Å². The molecular formula is C18H20N4. The molecule has 112 valence electrons. The fourth-order valence-corrected chi connectivity index (χ4v) is 3.15. The Morgan fingerprint density at radius 2 is 1.64 bits per heavy atom. The van der Waals surface area contributed by atoms with Gasteiger partial charge in [0, 0.05) is 32.7 Å². The third kappa shape index (κ3) is 2.57. The van der Waals surface area contributed by atoms with Crippen LogP contribution in [0, 0.1) is 0 Å². The number of hydrogen-bond acceptors (Lipinski definition) is 3. The molecule has 1 fully saturated rings. The van der Waals surface area contributed by atoms with Crippen LogP contribution in [0.1, 0.15) is 5.56 Å². The highest BCUT2D eigenvalue weighted by molar-refractivity contribution is 5.54. The molecule has 0 spiro atoms. The van der Waals surface area contributed by atoms with Gasteiger partial charge in [-0.15, -0.1) is 0 Å². The molecule has 4 nitrogen and oxygen atoms in total. The Morgan fingerprint density at radius 3 is 2.45 bits per heavy atom. The average Bonchev–Trinajstić information content (AvgIpc) is 3.05. The average molecular weight is 292 g/mol. The third-order valence-electron chi connectivity index (χ3n) is 4.35. The third-order valence-corrected chi connectivity index (χ3v) is 4.35. The van der Waals surface area contributed by atoms with Gasteiger partial charge in [0.25, 0.3) is 0 Å². The van der Waals surface area contributed by atoms with Crippen LogP contribution in [-0.4, -0.2) is 40.7 Å². The number of fused-ring (bicyclic) bond motifs is 1. The predicted molar refractivity (Wildman–Crippen MR) is 89.1 cm³/mol. The van der Waals surface area contributed by atoms with Crippen molar-refractivity contribution in [3.63, 3.8) is 0 Å². The summed E-state index contributed by atoms with van der Waals surface area (Å²) in [4.78, 5) is 4.95. The van der Waals surface area contributed by atoms with E-state index in [1.165, 1.54) is 11.4 Å². The Hall–Kier alpha value is -2.33. The monoisotopic (exact) mass is 292 g/mol. The zero-order valence-electron chi connectivity index (χ0n) is 12.6. The van der Waals surface area contributed by atoms with Gasteiger partial charge in [0.1, 0.15) is 5.82 Å². The molecule has 0 unspecified atom stereocenters. The lowest BCUT2D eigenvalue weighted by molar-refractivity contribution is 0.249. The molecule has 1 saturated heterocycles. The lowest BCUT2D eigenvalue weighted by Crippen LogP contribution is -2.46. The quantitative estimate of drug-likeness (QED) is 0.741. The molecular weight excluding hydrogens is 272 g/mol. The first-order valence-corrected chi connectivity index (χ1v) is 7.84. The van der Waals surface area contributed by atoms with E-state index in [0.717, 1.165) is 38.2 Å². The van der Waals surface area contributed by atoms with Crippen LogP contribution in [0.25, 0.3) is 5.52 Å². The van der Waals surface area contributed by atoms with Crippen LogP contribution < -0.4 is 4.90 Å². The molecule has 22 heavy (non-hydrogen) atoms. The van der Waals surface area contributed by atoms with Crippen molar-refractivity contribution in [2.75, 3.05) is 31.1 Å². The Bertz CT molecular complexity index is 742. The maximum absolute atomic E-state index is 4.44. The second-order valence-electron chi connectivity index (χ2n) is 5.80. The van der Waals surface area contributed by atoms with Gasteiger partial charge in [-0.3, -0.25) is 4.90 Å². The molecule has 3 heterocycles. The summed E-state index contributed by atoms with van der Waals surface area (Å²) in [6.45, 7) is 5.32. The van der Waals surface area contributed by atoms with E-state index in [4.69, 9.17) is 0 Å². The normalized spacial score (nSPS) is 16.3. The minimum Gasteiger partial charge on any atom is -0.354 e. The molecule has 1 aliphatic heterocycles. The zero-order chi connectivity index (χ0) is 14.8. The summed E-state index contributed by atoms with van der Waals surface area (Å²) in [7, 11) is 0. The molecule has 0 atom stereocenters. The first-order chi connectivity index (χ1) is 10.9. The van der Waals surface area contributed by atoms with Crippen molar-refractivity contribution in [3.05, 3.63) is 66.4 Å². The van der Waals surface area contributed by atoms with Crippen LogP contribution in [0.15, 0.2) is 60.8 Å². The van der Waals surface area contributed by atoms with Crippen LogP contribution in [0.2, 0.25) is 0 Å². The van der Waals surface area contributed by atoms with E-state index in [1.807, 2.05) is 10.7 Å². The van der Waals surface area contributed by atoms with E-state index >= 15 is 0 Å². The lowest BCUT2D eigenvalue weighted by atomic mass is 10.2. The summed E-state index contributed by atoms with van der Waals surface area (Å²) in [6.07, 6.45) is 1.87. The highest BCUT2D eigenvalue weighted by Gasteiger charge is 2.19. The van der Waals surface area contributed by atoms with E-state index in [2.05, 4.69) is 69.5 Å². The van der Waals surface area contributed by atoms with Crippen molar-refractivity contribution in [2.24, 2.45) is 0 Å². The van der Waals surface area contributed by atoms with E-state index in [1.54, 1.807) is 0 Å². The number of nitrogens with zero attached hydrogens (tertiary/aromatic N) is 4. The fourth-order valence-electron chi connectivity index (χ4n) is 3.15. The van der Waals surface area contributed by atoms with Crippen molar-refractivity contribution >= 4 is 11.3 Å². The predicted octanol–water partition coefficient (Wildman–Crippen LogP) is 2.66. The Labute approximate surface area is 130 Å². The second kappa shape index (κ2) is 5.81. The molecule has 0 N–H and O–H groups in total. The Kier molecular flexibility index (Phi) is 3.52. The van der Waals surface area contributed by atoms with E-state index in [9.17, 15) is 0 Å². The highest BCUT2D eigenvalue weighted by atomic mass is 15.4. The molecule has 0 amide bonds. The SMILES string of the molecule is c1ccc(CN2CCN(c3cccc4ccnn34)CC2)cc1.